The van der Waals surface area contributed by atoms with Crippen molar-refractivity contribution in [1.82, 2.24) is 14.8 Å². The molecule has 8 nitrogen and oxygen atoms in total. The van der Waals surface area contributed by atoms with Gasteiger partial charge in [-0.25, -0.2) is 0 Å². The van der Waals surface area contributed by atoms with E-state index in [4.69, 9.17) is 9.47 Å². The Morgan fingerprint density at radius 3 is 2.79 bits per heavy atom. The number of nitrogens with one attached hydrogen (secondary N) is 1. The molecule has 1 aliphatic heterocycles. The van der Waals surface area contributed by atoms with Gasteiger partial charge in [-0.05, 0) is 38.5 Å². The van der Waals surface area contributed by atoms with Crippen LogP contribution in [0.2, 0.25) is 0 Å². The third-order valence-corrected chi connectivity index (χ3v) is 5.65. The minimum absolute atomic E-state index is 0.104. The first-order valence-electron chi connectivity index (χ1n) is 9.41. The molecule has 1 N–H and O–H groups in total. The standard InChI is InChI=1S/C19H27N5O3S/c1-5-24-18(23-8-10-27-11-9-23)21-22-19(24)28-14(3)17(25)20-15-12-13(2)6-7-16(15)26-4/h6-7,12,14H,5,8-11H2,1-4H3,(H,20,25)/t14-/m0/s1. The molecule has 2 heterocycles. The van der Waals surface area contributed by atoms with Gasteiger partial charge in [0.1, 0.15) is 5.75 Å². The summed E-state index contributed by atoms with van der Waals surface area (Å²) in [6.45, 7) is 9.61. The fourth-order valence-electron chi connectivity index (χ4n) is 3.01. The van der Waals surface area contributed by atoms with E-state index in [1.54, 1.807) is 7.11 Å². The number of carbonyl (C=O) groups is 1. The fourth-order valence-corrected chi connectivity index (χ4v) is 3.92. The summed E-state index contributed by atoms with van der Waals surface area (Å²) in [7, 11) is 1.59. The van der Waals surface area contributed by atoms with Crippen LogP contribution < -0.4 is 15.0 Å². The van der Waals surface area contributed by atoms with Crippen LogP contribution in [0.4, 0.5) is 11.6 Å². The van der Waals surface area contributed by atoms with Crippen molar-refractivity contribution >= 4 is 29.3 Å². The van der Waals surface area contributed by atoms with Crippen LogP contribution in [0.15, 0.2) is 23.4 Å². The largest absolute Gasteiger partial charge is 0.495 e. The van der Waals surface area contributed by atoms with E-state index in [0.717, 1.165) is 36.3 Å². The van der Waals surface area contributed by atoms with Crippen molar-refractivity contribution in [1.29, 1.82) is 0 Å². The molecule has 1 aromatic carbocycles. The average molecular weight is 406 g/mol. The summed E-state index contributed by atoms with van der Waals surface area (Å²) in [5, 5.41) is 12.0. The lowest BCUT2D eigenvalue weighted by molar-refractivity contribution is -0.115. The quantitative estimate of drug-likeness (QED) is 0.709. The number of ether oxygens (including phenoxy) is 2. The molecule has 1 aromatic heterocycles. The Bertz CT molecular complexity index is 820. The SMILES string of the molecule is CCn1c(S[C@@H](C)C(=O)Nc2cc(C)ccc2OC)nnc1N1CCOCC1. The molecule has 3 rings (SSSR count). The normalized spacial score (nSPS) is 15.4. The lowest BCUT2D eigenvalue weighted by atomic mass is 10.2. The van der Waals surface area contributed by atoms with Gasteiger partial charge in [-0.3, -0.25) is 9.36 Å². The van der Waals surface area contributed by atoms with Gasteiger partial charge in [-0.15, -0.1) is 10.2 Å². The number of carbonyl (C=O) groups excluding carboxylic acids is 1. The summed E-state index contributed by atoms with van der Waals surface area (Å²) in [6.07, 6.45) is 0. The van der Waals surface area contributed by atoms with Gasteiger partial charge in [0.2, 0.25) is 11.9 Å². The summed E-state index contributed by atoms with van der Waals surface area (Å²) in [5.74, 6) is 1.37. The number of thioether (sulfide) groups is 1. The van der Waals surface area contributed by atoms with Crippen LogP contribution in [0.5, 0.6) is 5.75 Å². The minimum Gasteiger partial charge on any atom is -0.495 e. The van der Waals surface area contributed by atoms with Crippen LogP contribution >= 0.6 is 11.8 Å². The number of anilines is 2. The predicted octanol–water partition coefficient (Wildman–Crippen LogP) is 2.57. The predicted molar refractivity (Wildman–Crippen MR) is 110 cm³/mol. The molecule has 1 atom stereocenters. The third-order valence-electron chi connectivity index (χ3n) is 4.57. The molecule has 1 saturated heterocycles. The fraction of sp³-hybridized carbons (Fsp3) is 0.526. The molecule has 0 radical (unpaired) electrons. The molecule has 9 heteroatoms. The summed E-state index contributed by atoms with van der Waals surface area (Å²) >= 11 is 1.40. The molecule has 1 fully saturated rings. The number of aryl methyl sites for hydroxylation is 1. The summed E-state index contributed by atoms with van der Waals surface area (Å²) in [4.78, 5) is 14.9. The van der Waals surface area contributed by atoms with E-state index in [0.29, 0.717) is 24.7 Å². The van der Waals surface area contributed by atoms with Crippen molar-refractivity contribution in [2.45, 2.75) is 37.7 Å². The Labute approximate surface area is 169 Å². The van der Waals surface area contributed by atoms with Crippen molar-refractivity contribution in [3.8, 4) is 5.75 Å². The highest BCUT2D eigenvalue weighted by atomic mass is 32.2. The maximum absolute atomic E-state index is 12.7. The molecule has 0 unspecified atom stereocenters. The van der Waals surface area contributed by atoms with Crippen LogP contribution in [0.1, 0.15) is 19.4 Å². The average Bonchev–Trinajstić information content (AvgIpc) is 3.11. The number of morpholine rings is 1. The third kappa shape index (κ3) is 4.59. The first-order chi connectivity index (χ1) is 13.5. The van der Waals surface area contributed by atoms with Gasteiger partial charge in [0.05, 0.1) is 31.3 Å². The van der Waals surface area contributed by atoms with Gasteiger partial charge in [-0.1, -0.05) is 17.8 Å². The highest BCUT2D eigenvalue weighted by molar-refractivity contribution is 8.00. The van der Waals surface area contributed by atoms with Gasteiger partial charge in [0, 0.05) is 19.6 Å². The van der Waals surface area contributed by atoms with Crippen LogP contribution in [0, 0.1) is 6.92 Å². The number of amides is 1. The van der Waals surface area contributed by atoms with Gasteiger partial charge < -0.3 is 19.7 Å². The van der Waals surface area contributed by atoms with E-state index in [9.17, 15) is 4.79 Å². The number of aromatic nitrogens is 3. The Morgan fingerprint density at radius 1 is 1.36 bits per heavy atom. The molecule has 2 aromatic rings. The molecule has 1 amide bonds. The second kappa shape index (κ2) is 9.29. The van der Waals surface area contributed by atoms with E-state index >= 15 is 0 Å². The second-order valence-corrected chi connectivity index (χ2v) is 7.89. The second-order valence-electron chi connectivity index (χ2n) is 6.58. The van der Waals surface area contributed by atoms with Gasteiger partial charge in [0.15, 0.2) is 5.16 Å². The van der Waals surface area contributed by atoms with Gasteiger partial charge in [0.25, 0.3) is 0 Å². The van der Waals surface area contributed by atoms with Gasteiger partial charge >= 0.3 is 0 Å². The number of methoxy groups -OCH3 is 1. The number of benzene rings is 1. The molecule has 0 saturated carbocycles. The van der Waals surface area contributed by atoms with Crippen molar-refractivity contribution in [2.75, 3.05) is 43.6 Å². The summed E-state index contributed by atoms with van der Waals surface area (Å²) < 4.78 is 12.8. The zero-order chi connectivity index (χ0) is 20.1. The highest BCUT2D eigenvalue weighted by Crippen LogP contribution is 2.29. The maximum Gasteiger partial charge on any atom is 0.237 e. The molecule has 0 spiro atoms. The van der Waals surface area contributed by atoms with E-state index in [-0.39, 0.29) is 11.2 Å². The Hall–Kier alpha value is -2.26. The lowest BCUT2D eigenvalue weighted by Gasteiger charge is -2.27. The molecule has 1 aliphatic rings. The Morgan fingerprint density at radius 2 is 2.11 bits per heavy atom. The number of hydrogen-bond donors (Lipinski definition) is 1. The lowest BCUT2D eigenvalue weighted by Crippen LogP contribution is -2.38. The summed E-state index contributed by atoms with van der Waals surface area (Å²) in [6, 6.07) is 5.70. The van der Waals surface area contributed by atoms with E-state index in [1.165, 1.54) is 11.8 Å². The molecular weight excluding hydrogens is 378 g/mol. The number of hydrogen-bond acceptors (Lipinski definition) is 7. The molecule has 28 heavy (non-hydrogen) atoms. The first-order valence-corrected chi connectivity index (χ1v) is 10.3. The van der Waals surface area contributed by atoms with Crippen LogP contribution in [0.3, 0.4) is 0 Å². The van der Waals surface area contributed by atoms with Crippen LogP contribution in [-0.2, 0) is 16.1 Å². The van der Waals surface area contributed by atoms with Crippen molar-refractivity contribution < 1.29 is 14.3 Å². The van der Waals surface area contributed by atoms with E-state index in [2.05, 4.69) is 27.3 Å². The zero-order valence-corrected chi connectivity index (χ0v) is 17.6. The van der Waals surface area contributed by atoms with Crippen molar-refractivity contribution in [2.24, 2.45) is 0 Å². The maximum atomic E-state index is 12.7. The summed E-state index contributed by atoms with van der Waals surface area (Å²) in [5.41, 5.74) is 1.73. The van der Waals surface area contributed by atoms with E-state index in [1.807, 2.05) is 36.6 Å². The molecule has 0 aliphatic carbocycles. The first kappa shape index (κ1) is 20.5. The van der Waals surface area contributed by atoms with Crippen molar-refractivity contribution in [3.05, 3.63) is 23.8 Å². The molecule has 152 valence electrons. The number of rotatable bonds is 7. The smallest absolute Gasteiger partial charge is 0.237 e. The van der Waals surface area contributed by atoms with Crippen molar-refractivity contribution in [3.63, 3.8) is 0 Å². The molecule has 0 bridgehead atoms. The topological polar surface area (TPSA) is 81.5 Å². The molecular formula is C19H27N5O3S. The zero-order valence-electron chi connectivity index (χ0n) is 16.8. The minimum atomic E-state index is -0.336. The highest BCUT2D eigenvalue weighted by Gasteiger charge is 2.23. The van der Waals surface area contributed by atoms with E-state index < -0.39 is 0 Å². The Kier molecular flexibility index (Phi) is 6.79. The number of nitrogens with zero attached hydrogens (tertiary/aromatic N) is 4. The Balaban J connectivity index is 1.70. The van der Waals surface area contributed by atoms with Gasteiger partial charge in [-0.2, -0.15) is 0 Å². The van der Waals surface area contributed by atoms with Crippen LogP contribution in [-0.4, -0.2) is 59.3 Å². The monoisotopic (exact) mass is 405 g/mol. The van der Waals surface area contributed by atoms with Crippen LogP contribution in [0.25, 0.3) is 0 Å².